The van der Waals surface area contributed by atoms with Crippen LogP contribution < -0.4 is 10.6 Å². The van der Waals surface area contributed by atoms with Crippen molar-refractivity contribution in [1.82, 2.24) is 10.6 Å². The van der Waals surface area contributed by atoms with E-state index in [9.17, 15) is 28.8 Å². The maximum atomic E-state index is 13.2. The minimum absolute atomic E-state index is 0.0250. The van der Waals surface area contributed by atoms with E-state index >= 15 is 0 Å². The smallest absolute Gasteiger partial charge is 0.375 e. The number of carbonyl (C=O) groups is 6. The molecule has 0 fully saturated rings. The van der Waals surface area contributed by atoms with Gasteiger partial charge in [-0.3, -0.25) is 19.2 Å². The van der Waals surface area contributed by atoms with Crippen LogP contribution in [0.3, 0.4) is 0 Å². The second-order valence-electron chi connectivity index (χ2n) is 12.5. The van der Waals surface area contributed by atoms with Crippen LogP contribution in [-0.4, -0.2) is 101 Å². The van der Waals surface area contributed by atoms with Gasteiger partial charge in [-0.15, -0.1) is 0 Å². The third-order valence-electron chi connectivity index (χ3n) is 8.27. The van der Waals surface area contributed by atoms with Gasteiger partial charge in [-0.25, -0.2) is 9.59 Å². The lowest BCUT2D eigenvalue weighted by atomic mass is 9.94. The Labute approximate surface area is 337 Å². The number of amides is 2. The molecule has 0 saturated carbocycles. The molecule has 0 bridgehead atoms. The average Bonchev–Trinajstić information content (AvgIpc) is 3.26. The van der Waals surface area contributed by atoms with E-state index < -0.39 is 23.5 Å². The molecule has 4 rings (SSSR count). The highest BCUT2D eigenvalue weighted by molar-refractivity contribution is 6.34. The van der Waals surface area contributed by atoms with Gasteiger partial charge in [0.15, 0.2) is 0 Å². The third kappa shape index (κ3) is 16.2. The van der Waals surface area contributed by atoms with Crippen molar-refractivity contribution >= 4 is 35.3 Å². The predicted octanol–water partition coefficient (Wildman–Crippen LogP) is 4.28. The van der Waals surface area contributed by atoms with E-state index in [4.69, 9.17) is 28.4 Å². The Hall–Kier alpha value is -6.06. The third-order valence-corrected chi connectivity index (χ3v) is 8.27. The Bertz CT molecular complexity index is 1780. The fraction of sp³-hybridized carbons (Fsp3) is 0.318. The van der Waals surface area contributed by atoms with Crippen molar-refractivity contribution in [2.24, 2.45) is 0 Å². The summed E-state index contributed by atoms with van der Waals surface area (Å²) < 4.78 is 31.9. The molecule has 2 N–H and O–H groups in total. The minimum atomic E-state index is -0.902. The van der Waals surface area contributed by atoms with Crippen LogP contribution in [0.1, 0.15) is 44.7 Å². The van der Waals surface area contributed by atoms with Gasteiger partial charge >= 0.3 is 11.9 Å². The van der Waals surface area contributed by atoms with Crippen molar-refractivity contribution in [2.75, 3.05) is 65.9 Å². The SMILES string of the molecule is O=C(CCOCCOCCNC(=O)c1ccccc1-c1ccccc1C(=O)NCCOCCOCCC(=O)C(=O)OCc1ccccc1)C(=O)OCc1ccccc1. The fourth-order valence-corrected chi connectivity index (χ4v) is 5.28. The first-order valence-electron chi connectivity index (χ1n) is 18.9. The summed E-state index contributed by atoms with van der Waals surface area (Å²) in [5.41, 5.74) is 3.50. The van der Waals surface area contributed by atoms with E-state index in [1.54, 1.807) is 72.8 Å². The molecule has 306 valence electrons. The molecule has 0 radical (unpaired) electrons. The summed E-state index contributed by atoms with van der Waals surface area (Å²) in [6, 6.07) is 32.1. The maximum absolute atomic E-state index is 13.2. The highest BCUT2D eigenvalue weighted by Gasteiger charge is 2.19. The molecule has 0 heterocycles. The van der Waals surface area contributed by atoms with Gasteiger partial charge in [-0.2, -0.15) is 0 Å². The Morgan fingerprint density at radius 1 is 0.397 bits per heavy atom. The first kappa shape index (κ1) is 44.7. The quantitative estimate of drug-likeness (QED) is 0.0497. The van der Waals surface area contributed by atoms with Crippen LogP contribution in [0.15, 0.2) is 109 Å². The summed E-state index contributed by atoms with van der Waals surface area (Å²) in [4.78, 5) is 74.1. The van der Waals surface area contributed by atoms with E-state index in [1.807, 2.05) is 36.4 Å². The number of hydrogen-bond donors (Lipinski definition) is 2. The molecule has 4 aromatic carbocycles. The molecule has 0 aliphatic carbocycles. The Balaban J connectivity index is 1.07. The number of benzene rings is 4. The van der Waals surface area contributed by atoms with Gasteiger partial charge in [-0.05, 0) is 34.4 Å². The molecule has 0 saturated heterocycles. The van der Waals surface area contributed by atoms with E-state index in [-0.39, 0.29) is 104 Å². The minimum Gasteiger partial charge on any atom is -0.455 e. The number of hydrogen-bond acceptors (Lipinski definition) is 12. The van der Waals surface area contributed by atoms with Gasteiger partial charge in [0.1, 0.15) is 13.2 Å². The lowest BCUT2D eigenvalue weighted by Crippen LogP contribution is -2.29. The molecule has 14 nitrogen and oxygen atoms in total. The van der Waals surface area contributed by atoms with Crippen molar-refractivity contribution in [3.8, 4) is 11.1 Å². The van der Waals surface area contributed by atoms with Crippen molar-refractivity contribution in [1.29, 1.82) is 0 Å². The number of Topliss-reactive ketones (excluding diaryl/α,β-unsaturated/α-hetero) is 2. The molecule has 0 spiro atoms. The zero-order valence-electron chi connectivity index (χ0n) is 32.2. The van der Waals surface area contributed by atoms with Gasteiger partial charge in [0.2, 0.25) is 11.6 Å². The molecule has 0 atom stereocenters. The molecule has 0 unspecified atom stereocenters. The van der Waals surface area contributed by atoms with Crippen molar-refractivity contribution in [3.05, 3.63) is 131 Å². The lowest BCUT2D eigenvalue weighted by Gasteiger charge is -2.14. The van der Waals surface area contributed by atoms with Crippen molar-refractivity contribution in [3.63, 3.8) is 0 Å². The summed E-state index contributed by atoms with van der Waals surface area (Å²) in [7, 11) is 0. The van der Waals surface area contributed by atoms with Crippen LogP contribution in [-0.2, 0) is 60.8 Å². The summed E-state index contributed by atoms with van der Waals surface area (Å²) in [6.07, 6.45) is -0.214. The number of esters is 2. The molecular weight excluding hydrogens is 748 g/mol. The van der Waals surface area contributed by atoms with E-state index in [0.29, 0.717) is 22.3 Å². The Morgan fingerprint density at radius 2 is 0.741 bits per heavy atom. The molecular formula is C44H48N2O12. The number of nitrogens with one attached hydrogen (secondary N) is 2. The van der Waals surface area contributed by atoms with E-state index in [0.717, 1.165) is 11.1 Å². The average molecular weight is 797 g/mol. The van der Waals surface area contributed by atoms with Crippen molar-refractivity contribution in [2.45, 2.75) is 26.1 Å². The van der Waals surface area contributed by atoms with Crippen LogP contribution >= 0.6 is 0 Å². The summed E-state index contributed by atoms with van der Waals surface area (Å²) in [5, 5.41) is 5.67. The lowest BCUT2D eigenvalue weighted by molar-refractivity contribution is -0.155. The summed E-state index contributed by atoms with van der Waals surface area (Å²) in [5.74, 6) is -3.82. The van der Waals surface area contributed by atoms with Gasteiger partial charge in [-0.1, -0.05) is 97.1 Å². The predicted molar refractivity (Wildman–Crippen MR) is 212 cm³/mol. The highest BCUT2D eigenvalue weighted by Crippen LogP contribution is 2.27. The fourth-order valence-electron chi connectivity index (χ4n) is 5.28. The second-order valence-corrected chi connectivity index (χ2v) is 12.5. The van der Waals surface area contributed by atoms with Crippen LogP contribution in [0.5, 0.6) is 0 Å². The molecule has 14 heteroatoms. The topological polar surface area (TPSA) is 182 Å². The van der Waals surface area contributed by atoms with E-state index in [1.165, 1.54) is 0 Å². The standard InChI is InChI=1S/C44H48N2O12/c47-39(43(51)57-31-33-11-3-1-4-12-33)19-23-53-27-29-55-25-21-45-41(49)37-17-9-7-15-35(37)36-16-8-10-18-38(36)42(50)46-22-26-56-30-28-54-24-20-40(48)44(52)58-32-34-13-5-2-6-14-34/h1-18H,19-32H2,(H,45,49)(H,46,50). The largest absolute Gasteiger partial charge is 0.455 e. The van der Waals surface area contributed by atoms with Crippen LogP contribution in [0.2, 0.25) is 0 Å². The van der Waals surface area contributed by atoms with Crippen LogP contribution in [0.25, 0.3) is 11.1 Å². The van der Waals surface area contributed by atoms with Crippen LogP contribution in [0, 0.1) is 0 Å². The Morgan fingerprint density at radius 3 is 1.14 bits per heavy atom. The first-order valence-corrected chi connectivity index (χ1v) is 18.9. The zero-order chi connectivity index (χ0) is 41.2. The van der Waals surface area contributed by atoms with Gasteiger partial charge in [0, 0.05) is 37.1 Å². The van der Waals surface area contributed by atoms with Crippen molar-refractivity contribution < 1.29 is 57.2 Å². The zero-order valence-corrected chi connectivity index (χ0v) is 32.2. The highest BCUT2D eigenvalue weighted by atomic mass is 16.5. The molecule has 0 aliphatic heterocycles. The number of carbonyl (C=O) groups excluding carboxylic acids is 6. The molecule has 0 aromatic heterocycles. The first-order chi connectivity index (χ1) is 28.3. The molecule has 2 amide bonds. The summed E-state index contributed by atoms with van der Waals surface area (Å²) in [6.45, 7) is 1.83. The van der Waals surface area contributed by atoms with Gasteiger partial charge in [0.25, 0.3) is 11.8 Å². The monoisotopic (exact) mass is 796 g/mol. The number of ether oxygens (including phenoxy) is 6. The molecule has 0 aliphatic rings. The Kier molecular flexibility index (Phi) is 20.0. The normalized spacial score (nSPS) is 10.7. The summed E-state index contributed by atoms with van der Waals surface area (Å²) >= 11 is 0. The van der Waals surface area contributed by atoms with E-state index in [2.05, 4.69) is 10.6 Å². The molecule has 58 heavy (non-hydrogen) atoms. The molecule has 4 aromatic rings. The van der Waals surface area contributed by atoms with Gasteiger partial charge < -0.3 is 39.1 Å². The maximum Gasteiger partial charge on any atom is 0.375 e. The van der Waals surface area contributed by atoms with Crippen LogP contribution in [0.4, 0.5) is 0 Å². The second kappa shape index (κ2) is 26.0. The number of rotatable bonds is 27. The van der Waals surface area contributed by atoms with Gasteiger partial charge in [0.05, 0.1) is 52.9 Å². The number of ketones is 2.